The number of carbonyl (C=O) groups is 1. The highest BCUT2D eigenvalue weighted by Crippen LogP contribution is 2.23. The molecule has 3 aromatic rings. The first-order valence-electron chi connectivity index (χ1n) is 10.9. The van der Waals surface area contributed by atoms with Gasteiger partial charge >= 0.3 is 0 Å². The Morgan fingerprint density at radius 1 is 1.16 bits per heavy atom. The Labute approximate surface area is 197 Å². The summed E-state index contributed by atoms with van der Waals surface area (Å²) in [6, 6.07) is 11.9. The van der Waals surface area contributed by atoms with Crippen LogP contribution in [0.3, 0.4) is 0 Å². The van der Waals surface area contributed by atoms with Crippen LogP contribution in [0.4, 0.5) is 0 Å². The molecule has 0 atom stereocenters. The fourth-order valence-corrected chi connectivity index (χ4v) is 4.69. The molecule has 1 saturated heterocycles. The van der Waals surface area contributed by atoms with E-state index in [1.54, 1.807) is 11.3 Å². The zero-order chi connectivity index (χ0) is 22.3. The van der Waals surface area contributed by atoms with E-state index in [2.05, 4.69) is 33.0 Å². The van der Waals surface area contributed by atoms with Crippen LogP contribution in [0.15, 0.2) is 46.2 Å². The summed E-state index contributed by atoms with van der Waals surface area (Å²) in [7, 11) is 0. The van der Waals surface area contributed by atoms with E-state index in [4.69, 9.17) is 16.0 Å². The van der Waals surface area contributed by atoms with E-state index < -0.39 is 0 Å². The molecular formula is C23H28ClN5O2S. The van der Waals surface area contributed by atoms with Gasteiger partial charge in [-0.3, -0.25) is 14.6 Å². The van der Waals surface area contributed by atoms with Crippen molar-refractivity contribution in [3.8, 4) is 10.8 Å². The van der Waals surface area contributed by atoms with Crippen molar-refractivity contribution in [1.82, 2.24) is 24.9 Å². The first kappa shape index (κ1) is 22.9. The molecule has 2 aromatic heterocycles. The summed E-state index contributed by atoms with van der Waals surface area (Å²) in [5.41, 5.74) is 1.22. The molecule has 4 rings (SSSR count). The van der Waals surface area contributed by atoms with Crippen LogP contribution in [0.25, 0.3) is 10.8 Å². The van der Waals surface area contributed by atoms with Crippen molar-refractivity contribution in [2.45, 2.75) is 26.4 Å². The molecule has 170 valence electrons. The first-order valence-corrected chi connectivity index (χ1v) is 12.2. The van der Waals surface area contributed by atoms with Crippen LogP contribution < -0.4 is 0 Å². The van der Waals surface area contributed by atoms with Crippen molar-refractivity contribution in [3.63, 3.8) is 0 Å². The van der Waals surface area contributed by atoms with Crippen molar-refractivity contribution in [1.29, 1.82) is 0 Å². The van der Waals surface area contributed by atoms with Crippen molar-refractivity contribution >= 4 is 28.8 Å². The van der Waals surface area contributed by atoms with E-state index in [1.165, 1.54) is 5.56 Å². The minimum Gasteiger partial charge on any atom is -0.418 e. The maximum atomic E-state index is 13.0. The Hall–Kier alpha value is -2.26. The summed E-state index contributed by atoms with van der Waals surface area (Å²) >= 11 is 7.66. The molecule has 1 aromatic carbocycles. The van der Waals surface area contributed by atoms with Gasteiger partial charge in [-0.25, -0.2) is 0 Å². The zero-order valence-electron chi connectivity index (χ0n) is 18.2. The Balaban J connectivity index is 1.28. The quantitative estimate of drug-likeness (QED) is 0.468. The number of hydrogen-bond donors (Lipinski definition) is 0. The van der Waals surface area contributed by atoms with Crippen LogP contribution in [0.1, 0.15) is 24.8 Å². The van der Waals surface area contributed by atoms with Gasteiger partial charge in [0.1, 0.15) is 0 Å². The number of amides is 1. The van der Waals surface area contributed by atoms with Gasteiger partial charge in [-0.1, -0.05) is 36.7 Å². The van der Waals surface area contributed by atoms with E-state index >= 15 is 0 Å². The number of nitrogens with zero attached hydrogens (tertiary/aromatic N) is 5. The van der Waals surface area contributed by atoms with E-state index in [0.29, 0.717) is 31.4 Å². The second-order valence-electron chi connectivity index (χ2n) is 7.98. The van der Waals surface area contributed by atoms with Gasteiger partial charge in [-0.15, -0.1) is 21.5 Å². The fourth-order valence-electron chi connectivity index (χ4n) is 3.83. The van der Waals surface area contributed by atoms with Gasteiger partial charge < -0.3 is 9.32 Å². The maximum Gasteiger partial charge on any atom is 0.257 e. The fraction of sp³-hybridized carbons (Fsp3) is 0.435. The average molecular weight is 474 g/mol. The van der Waals surface area contributed by atoms with E-state index in [-0.39, 0.29) is 5.91 Å². The van der Waals surface area contributed by atoms with Crippen molar-refractivity contribution in [2.24, 2.45) is 0 Å². The molecule has 1 amide bonds. The molecule has 0 unspecified atom stereocenters. The molecule has 0 aliphatic carbocycles. The number of benzene rings is 1. The number of thiophene rings is 1. The summed E-state index contributed by atoms with van der Waals surface area (Å²) in [5.74, 6) is 1.09. The second kappa shape index (κ2) is 11.0. The third-order valence-corrected chi connectivity index (χ3v) is 6.58. The molecule has 0 bridgehead atoms. The molecule has 32 heavy (non-hydrogen) atoms. The van der Waals surface area contributed by atoms with Crippen molar-refractivity contribution in [3.05, 3.63) is 58.3 Å². The standard InChI is InChI=1S/C23H28ClN5O2S/c1-2-8-29(16-21-25-26-23(31-21)20-7-4-13-32-20)22(30)17-28-11-9-27(10-12-28)15-18-5-3-6-19(24)14-18/h3-7,13-14H,2,8-12,15-17H2,1H3. The summed E-state index contributed by atoms with van der Waals surface area (Å²) in [4.78, 5) is 20.4. The third kappa shape index (κ3) is 6.16. The first-order chi connectivity index (χ1) is 15.6. The van der Waals surface area contributed by atoms with Gasteiger partial charge in [-0.2, -0.15) is 0 Å². The number of carbonyl (C=O) groups excluding carboxylic acids is 1. The highest BCUT2D eigenvalue weighted by atomic mass is 35.5. The van der Waals surface area contributed by atoms with Gasteiger partial charge in [0.15, 0.2) is 0 Å². The number of halogens is 1. The number of rotatable bonds is 9. The molecule has 1 aliphatic heterocycles. The Morgan fingerprint density at radius 2 is 1.97 bits per heavy atom. The summed E-state index contributed by atoms with van der Waals surface area (Å²) in [6.07, 6.45) is 0.880. The van der Waals surface area contributed by atoms with Gasteiger partial charge in [0, 0.05) is 44.3 Å². The molecule has 0 radical (unpaired) electrons. The van der Waals surface area contributed by atoms with Crippen molar-refractivity contribution < 1.29 is 9.21 Å². The maximum absolute atomic E-state index is 13.0. The summed E-state index contributed by atoms with van der Waals surface area (Å²) < 4.78 is 5.79. The van der Waals surface area contributed by atoms with Gasteiger partial charge in [-0.05, 0) is 35.6 Å². The predicted octanol–water partition coefficient (Wildman–Crippen LogP) is 4.01. The highest BCUT2D eigenvalue weighted by Gasteiger charge is 2.23. The lowest BCUT2D eigenvalue weighted by Gasteiger charge is -2.35. The Bertz CT molecular complexity index is 1000. The topological polar surface area (TPSA) is 65.7 Å². The predicted molar refractivity (Wildman–Crippen MR) is 126 cm³/mol. The molecule has 0 spiro atoms. The average Bonchev–Trinajstić information content (AvgIpc) is 3.47. The number of aromatic nitrogens is 2. The van der Waals surface area contributed by atoms with Crippen LogP contribution in [0.2, 0.25) is 5.02 Å². The van der Waals surface area contributed by atoms with E-state index in [0.717, 1.165) is 49.0 Å². The lowest BCUT2D eigenvalue weighted by Crippen LogP contribution is -2.49. The lowest BCUT2D eigenvalue weighted by atomic mass is 10.2. The van der Waals surface area contributed by atoms with E-state index in [9.17, 15) is 4.79 Å². The molecule has 3 heterocycles. The largest absolute Gasteiger partial charge is 0.418 e. The van der Waals surface area contributed by atoms with Crippen LogP contribution in [-0.2, 0) is 17.9 Å². The van der Waals surface area contributed by atoms with Crippen molar-refractivity contribution in [2.75, 3.05) is 39.3 Å². The molecule has 0 N–H and O–H groups in total. The molecular weight excluding hydrogens is 446 g/mol. The SMILES string of the molecule is CCCN(Cc1nnc(-c2cccs2)o1)C(=O)CN1CCN(Cc2cccc(Cl)c2)CC1. The monoisotopic (exact) mass is 473 g/mol. The minimum absolute atomic E-state index is 0.103. The van der Waals surface area contributed by atoms with Gasteiger partial charge in [0.2, 0.25) is 11.8 Å². The van der Waals surface area contributed by atoms with Gasteiger partial charge in [0.05, 0.1) is 18.0 Å². The van der Waals surface area contributed by atoms with E-state index in [1.807, 2.05) is 40.6 Å². The summed E-state index contributed by atoms with van der Waals surface area (Å²) in [5, 5.41) is 11.0. The van der Waals surface area contributed by atoms with Crippen LogP contribution >= 0.6 is 22.9 Å². The molecule has 9 heteroatoms. The smallest absolute Gasteiger partial charge is 0.257 e. The molecule has 1 fully saturated rings. The lowest BCUT2D eigenvalue weighted by molar-refractivity contribution is -0.133. The van der Waals surface area contributed by atoms with Crippen LogP contribution in [0.5, 0.6) is 0 Å². The third-order valence-electron chi connectivity index (χ3n) is 5.49. The van der Waals surface area contributed by atoms with Gasteiger partial charge in [0.25, 0.3) is 5.89 Å². The van der Waals surface area contributed by atoms with Crippen LogP contribution in [0, 0.1) is 0 Å². The minimum atomic E-state index is 0.103. The van der Waals surface area contributed by atoms with Crippen LogP contribution in [-0.4, -0.2) is 70.1 Å². The number of piperazine rings is 1. The zero-order valence-corrected chi connectivity index (χ0v) is 19.8. The molecule has 0 saturated carbocycles. The second-order valence-corrected chi connectivity index (χ2v) is 9.36. The molecule has 1 aliphatic rings. The summed E-state index contributed by atoms with van der Waals surface area (Å²) in [6.45, 7) is 7.99. The Morgan fingerprint density at radius 3 is 2.69 bits per heavy atom. The number of hydrogen-bond acceptors (Lipinski definition) is 7. The molecule has 7 nitrogen and oxygen atoms in total. The Kier molecular flexibility index (Phi) is 7.91. The highest BCUT2D eigenvalue weighted by molar-refractivity contribution is 7.13. The normalized spacial score (nSPS) is 15.2.